The summed E-state index contributed by atoms with van der Waals surface area (Å²) in [6, 6.07) is 0. The minimum Gasteiger partial charge on any atom is -0.236 e. The monoisotopic (exact) mass is 111 g/mol. The molecule has 0 amide bonds. The van der Waals surface area contributed by atoms with E-state index >= 15 is 0 Å². The van der Waals surface area contributed by atoms with Gasteiger partial charge in [0.2, 0.25) is 0 Å². The van der Waals surface area contributed by atoms with E-state index in [0.29, 0.717) is 5.92 Å². The van der Waals surface area contributed by atoms with Crippen LogP contribution in [0.1, 0.15) is 19.3 Å². The van der Waals surface area contributed by atoms with Gasteiger partial charge in [-0.2, -0.15) is 0 Å². The van der Waals surface area contributed by atoms with Crippen molar-refractivity contribution in [3.63, 3.8) is 0 Å². The maximum Gasteiger partial charge on any atom is 0.0884 e. The van der Waals surface area contributed by atoms with Gasteiger partial charge in [0.1, 0.15) is 0 Å². The van der Waals surface area contributed by atoms with Crippen LogP contribution in [0.3, 0.4) is 0 Å². The summed E-state index contributed by atoms with van der Waals surface area (Å²) in [5, 5.41) is 10.2. The fourth-order valence-corrected chi connectivity index (χ4v) is 1.02. The van der Waals surface area contributed by atoms with Crippen molar-refractivity contribution in [3.05, 3.63) is 12.2 Å². The Labute approximate surface area is 50.0 Å². The Morgan fingerprint density at radius 1 is 1.62 bits per heavy atom. The molecule has 0 bridgehead atoms. The summed E-state index contributed by atoms with van der Waals surface area (Å²) in [7, 11) is 0. The zero-order valence-electron chi connectivity index (χ0n) is 4.97. The van der Waals surface area contributed by atoms with Gasteiger partial charge in [0.15, 0.2) is 0 Å². The van der Waals surface area contributed by atoms with E-state index in [1.54, 1.807) is 0 Å². The van der Waals surface area contributed by atoms with Gasteiger partial charge in [0, 0.05) is 5.92 Å². The molecule has 0 N–H and O–H groups in total. The molecule has 0 heterocycles. The Kier molecular flexibility index (Phi) is 2.10. The smallest absolute Gasteiger partial charge is 0.0884 e. The molecular weight excluding hydrogens is 100 g/mol. The second-order valence-corrected chi connectivity index (χ2v) is 2.29. The van der Waals surface area contributed by atoms with Crippen LogP contribution >= 0.6 is 0 Å². The first-order valence-electron chi connectivity index (χ1n) is 3.18. The molecule has 0 aromatic carbocycles. The minimum atomic E-state index is 0.0799. The lowest BCUT2D eigenvalue weighted by molar-refractivity contribution is 0.155. The average Bonchev–Trinajstić information content (AvgIpc) is 1.90. The number of hydrogen-bond acceptors (Lipinski definition) is 0. The van der Waals surface area contributed by atoms with Crippen molar-refractivity contribution in [1.82, 2.24) is 0 Å². The van der Waals surface area contributed by atoms with Crippen LogP contribution in [-0.2, 0) is 5.11 Å². The van der Waals surface area contributed by atoms with Gasteiger partial charge < -0.3 is 0 Å². The van der Waals surface area contributed by atoms with Crippen LogP contribution in [0.2, 0.25) is 0 Å². The first-order chi connectivity index (χ1) is 3.93. The van der Waals surface area contributed by atoms with E-state index in [2.05, 4.69) is 12.2 Å². The molecule has 1 radical (unpaired) electrons. The second-order valence-electron chi connectivity index (χ2n) is 2.29. The SMILES string of the molecule is [O]CC1C=CCCC1. The fourth-order valence-electron chi connectivity index (χ4n) is 1.02. The Balaban J connectivity index is 2.32. The quantitative estimate of drug-likeness (QED) is 0.459. The van der Waals surface area contributed by atoms with Crippen LogP contribution in [0.5, 0.6) is 0 Å². The summed E-state index contributed by atoms with van der Waals surface area (Å²) >= 11 is 0. The number of hydrogen-bond donors (Lipinski definition) is 0. The summed E-state index contributed by atoms with van der Waals surface area (Å²) < 4.78 is 0. The topological polar surface area (TPSA) is 19.9 Å². The van der Waals surface area contributed by atoms with E-state index < -0.39 is 0 Å². The van der Waals surface area contributed by atoms with Crippen molar-refractivity contribution < 1.29 is 5.11 Å². The summed E-state index contributed by atoms with van der Waals surface area (Å²) in [6.07, 6.45) is 7.67. The Morgan fingerprint density at radius 3 is 2.88 bits per heavy atom. The highest BCUT2D eigenvalue weighted by molar-refractivity contribution is 4.92. The minimum absolute atomic E-state index is 0.0799. The van der Waals surface area contributed by atoms with Gasteiger partial charge in [0.05, 0.1) is 6.61 Å². The Morgan fingerprint density at radius 2 is 2.50 bits per heavy atom. The van der Waals surface area contributed by atoms with Gasteiger partial charge in [0.25, 0.3) is 0 Å². The van der Waals surface area contributed by atoms with Gasteiger partial charge in [-0.25, -0.2) is 5.11 Å². The van der Waals surface area contributed by atoms with E-state index in [1.165, 1.54) is 12.8 Å². The molecular formula is C7H11O. The van der Waals surface area contributed by atoms with Gasteiger partial charge in [-0.1, -0.05) is 12.2 Å². The van der Waals surface area contributed by atoms with Gasteiger partial charge in [-0.3, -0.25) is 0 Å². The van der Waals surface area contributed by atoms with Crippen LogP contribution in [0.15, 0.2) is 12.2 Å². The van der Waals surface area contributed by atoms with Gasteiger partial charge >= 0.3 is 0 Å². The first-order valence-corrected chi connectivity index (χ1v) is 3.18. The lowest BCUT2D eigenvalue weighted by Crippen LogP contribution is -2.03. The molecule has 8 heavy (non-hydrogen) atoms. The second kappa shape index (κ2) is 2.88. The maximum atomic E-state index is 10.2. The summed E-state index contributed by atoms with van der Waals surface area (Å²) in [6.45, 7) is 0.0799. The molecule has 0 aromatic heterocycles. The van der Waals surface area contributed by atoms with Crippen LogP contribution in [0.4, 0.5) is 0 Å². The van der Waals surface area contributed by atoms with Crippen molar-refractivity contribution in [3.8, 4) is 0 Å². The number of rotatable bonds is 1. The Bertz CT molecular complexity index is 86.4. The molecule has 1 aliphatic carbocycles. The average molecular weight is 111 g/mol. The molecule has 1 aliphatic rings. The predicted molar refractivity (Wildman–Crippen MR) is 32.0 cm³/mol. The molecule has 0 saturated carbocycles. The third-order valence-electron chi connectivity index (χ3n) is 1.57. The van der Waals surface area contributed by atoms with Crippen LogP contribution in [-0.4, -0.2) is 6.61 Å². The lowest BCUT2D eigenvalue weighted by Gasteiger charge is -2.10. The maximum absolute atomic E-state index is 10.2. The third-order valence-corrected chi connectivity index (χ3v) is 1.57. The third kappa shape index (κ3) is 1.34. The van der Waals surface area contributed by atoms with Crippen LogP contribution < -0.4 is 0 Å². The van der Waals surface area contributed by atoms with Crippen molar-refractivity contribution in [2.45, 2.75) is 19.3 Å². The number of allylic oxidation sites excluding steroid dienone is 1. The molecule has 0 aromatic rings. The molecule has 0 spiro atoms. The van der Waals surface area contributed by atoms with Crippen molar-refractivity contribution in [2.75, 3.05) is 6.61 Å². The molecule has 1 unspecified atom stereocenters. The van der Waals surface area contributed by atoms with Crippen molar-refractivity contribution >= 4 is 0 Å². The highest BCUT2D eigenvalue weighted by Gasteiger charge is 2.05. The standard InChI is InChI=1S/C7H11O/c8-6-7-4-2-1-3-5-7/h2,4,7H,1,3,5-6H2. The highest BCUT2D eigenvalue weighted by Crippen LogP contribution is 2.15. The first kappa shape index (κ1) is 5.83. The van der Waals surface area contributed by atoms with Crippen molar-refractivity contribution in [1.29, 1.82) is 0 Å². The summed E-state index contributed by atoms with van der Waals surface area (Å²) in [4.78, 5) is 0. The predicted octanol–water partition coefficient (Wildman–Crippen LogP) is 1.77. The van der Waals surface area contributed by atoms with E-state index in [0.717, 1.165) is 6.42 Å². The largest absolute Gasteiger partial charge is 0.236 e. The molecule has 45 valence electrons. The molecule has 0 fully saturated rings. The van der Waals surface area contributed by atoms with E-state index in [4.69, 9.17) is 0 Å². The van der Waals surface area contributed by atoms with Crippen molar-refractivity contribution in [2.24, 2.45) is 5.92 Å². The van der Waals surface area contributed by atoms with E-state index in [-0.39, 0.29) is 6.61 Å². The zero-order chi connectivity index (χ0) is 5.82. The summed E-state index contributed by atoms with van der Waals surface area (Å²) in [5.74, 6) is 0.351. The molecule has 0 saturated heterocycles. The van der Waals surface area contributed by atoms with Crippen LogP contribution in [0, 0.1) is 5.92 Å². The molecule has 1 rings (SSSR count). The summed E-state index contributed by atoms with van der Waals surface area (Å²) in [5.41, 5.74) is 0. The fraction of sp³-hybridized carbons (Fsp3) is 0.714. The zero-order valence-corrected chi connectivity index (χ0v) is 4.97. The molecule has 1 atom stereocenters. The molecule has 0 aliphatic heterocycles. The molecule has 1 heteroatoms. The highest BCUT2D eigenvalue weighted by atomic mass is 16.3. The van der Waals surface area contributed by atoms with Gasteiger partial charge in [-0.15, -0.1) is 0 Å². The van der Waals surface area contributed by atoms with Gasteiger partial charge in [-0.05, 0) is 19.3 Å². The van der Waals surface area contributed by atoms with E-state index in [1.807, 2.05) is 0 Å². The normalized spacial score (nSPS) is 28.4. The molecule has 1 nitrogen and oxygen atoms in total. The van der Waals surface area contributed by atoms with Crippen LogP contribution in [0.25, 0.3) is 0 Å². The lowest BCUT2D eigenvalue weighted by atomic mass is 9.97. The Hall–Kier alpha value is -0.300. The van der Waals surface area contributed by atoms with E-state index in [9.17, 15) is 5.11 Å².